The van der Waals surface area contributed by atoms with Crippen molar-refractivity contribution >= 4 is 29.4 Å². The first-order valence-electron chi connectivity index (χ1n) is 11.6. The highest BCUT2D eigenvalue weighted by atomic mass is 16.5. The lowest BCUT2D eigenvalue weighted by molar-refractivity contribution is -0.142. The molecule has 8 heteroatoms. The highest BCUT2D eigenvalue weighted by molar-refractivity contribution is 6.21. The molecule has 0 bridgehead atoms. The van der Waals surface area contributed by atoms with Gasteiger partial charge in [0, 0.05) is 11.1 Å². The Morgan fingerprint density at radius 2 is 1.56 bits per heavy atom. The summed E-state index contributed by atoms with van der Waals surface area (Å²) in [5.41, 5.74) is 1.42. The van der Waals surface area contributed by atoms with Crippen LogP contribution in [0.25, 0.3) is 0 Å². The Kier molecular flexibility index (Phi) is 7.44. The molecular formula is C28H27N3O5. The van der Waals surface area contributed by atoms with Crippen molar-refractivity contribution in [2.75, 3.05) is 18.1 Å². The molecular weight excluding hydrogens is 458 g/mol. The van der Waals surface area contributed by atoms with E-state index in [9.17, 15) is 14.4 Å². The van der Waals surface area contributed by atoms with Crippen molar-refractivity contribution in [3.63, 3.8) is 0 Å². The highest BCUT2D eigenvalue weighted by Crippen LogP contribution is 2.31. The molecule has 8 nitrogen and oxygen atoms in total. The first kappa shape index (κ1) is 24.7. The standard InChI is InChI=1S/C28H27N3O5/c1-3-35-24(32)18-31-23-17-11-10-16-22(23)25(21-14-8-5-9-15-21)29-28(2,26(31)33)30-27(34)36-19-20-12-6-4-7-13-20/h4-17H,3,18-19H2,1-2H3,(H,30,34). The number of hydrogen-bond acceptors (Lipinski definition) is 6. The molecule has 0 fully saturated rings. The van der Waals surface area contributed by atoms with Crippen LogP contribution >= 0.6 is 0 Å². The maximum Gasteiger partial charge on any atom is 0.409 e. The van der Waals surface area contributed by atoms with Gasteiger partial charge in [-0.05, 0) is 25.5 Å². The number of esters is 1. The number of para-hydroxylation sites is 1. The molecule has 1 unspecified atom stereocenters. The van der Waals surface area contributed by atoms with Gasteiger partial charge in [0.05, 0.1) is 18.0 Å². The van der Waals surface area contributed by atoms with Gasteiger partial charge in [0.15, 0.2) is 0 Å². The van der Waals surface area contributed by atoms with Crippen LogP contribution in [0, 0.1) is 0 Å². The zero-order chi connectivity index (χ0) is 25.5. The molecule has 1 aliphatic rings. The Bertz CT molecular complexity index is 1280. The van der Waals surface area contributed by atoms with Crippen LogP contribution in [-0.4, -0.2) is 42.5 Å². The summed E-state index contributed by atoms with van der Waals surface area (Å²) in [6.07, 6.45) is -0.812. The molecule has 36 heavy (non-hydrogen) atoms. The summed E-state index contributed by atoms with van der Waals surface area (Å²) in [5, 5.41) is 2.63. The number of hydrogen-bond donors (Lipinski definition) is 1. The Morgan fingerprint density at radius 1 is 0.917 bits per heavy atom. The SMILES string of the molecule is CCOC(=O)CN1C(=O)C(C)(NC(=O)OCc2ccccc2)N=C(c2ccccc2)c2ccccc21. The number of carbonyl (C=O) groups excluding carboxylic acids is 3. The van der Waals surface area contributed by atoms with Crippen LogP contribution in [0.5, 0.6) is 0 Å². The van der Waals surface area contributed by atoms with Crippen LogP contribution in [0.15, 0.2) is 89.9 Å². The fourth-order valence-electron chi connectivity index (χ4n) is 3.96. The van der Waals surface area contributed by atoms with E-state index in [0.717, 1.165) is 11.1 Å². The molecule has 3 aromatic carbocycles. The Labute approximate surface area is 209 Å². The topological polar surface area (TPSA) is 97.3 Å². The van der Waals surface area contributed by atoms with Gasteiger partial charge in [-0.15, -0.1) is 0 Å². The number of aliphatic imine (C=N–C) groups is 1. The molecule has 0 radical (unpaired) electrons. The number of rotatable bonds is 7. The molecule has 184 valence electrons. The Morgan fingerprint density at radius 3 is 2.25 bits per heavy atom. The molecule has 4 rings (SSSR count). The summed E-state index contributed by atoms with van der Waals surface area (Å²) in [5.74, 6) is -1.16. The number of benzodiazepines with no additional fused rings is 1. The molecule has 0 saturated carbocycles. The van der Waals surface area contributed by atoms with Crippen LogP contribution in [0.2, 0.25) is 0 Å². The summed E-state index contributed by atoms with van der Waals surface area (Å²) in [7, 11) is 0. The van der Waals surface area contributed by atoms with Crippen molar-refractivity contribution < 1.29 is 23.9 Å². The quantitative estimate of drug-likeness (QED) is 0.509. The van der Waals surface area contributed by atoms with Crippen molar-refractivity contribution in [2.45, 2.75) is 26.1 Å². The third-order valence-electron chi connectivity index (χ3n) is 5.64. The number of amides is 2. The zero-order valence-electron chi connectivity index (χ0n) is 20.1. The minimum atomic E-state index is -1.76. The van der Waals surface area contributed by atoms with Gasteiger partial charge < -0.3 is 9.47 Å². The van der Waals surface area contributed by atoms with Crippen LogP contribution in [-0.2, 0) is 25.7 Å². The Hall–Kier alpha value is -4.46. The maximum absolute atomic E-state index is 13.9. The molecule has 0 aliphatic carbocycles. The second kappa shape index (κ2) is 10.9. The highest BCUT2D eigenvalue weighted by Gasteiger charge is 2.43. The number of benzene rings is 3. The van der Waals surface area contributed by atoms with Crippen molar-refractivity contribution in [1.29, 1.82) is 0 Å². The van der Waals surface area contributed by atoms with Gasteiger partial charge in [0.1, 0.15) is 13.2 Å². The average molecular weight is 486 g/mol. The molecule has 0 spiro atoms. The van der Waals surface area contributed by atoms with E-state index < -0.39 is 23.6 Å². The van der Waals surface area contributed by atoms with Crippen molar-refractivity contribution in [3.8, 4) is 0 Å². The van der Waals surface area contributed by atoms with E-state index in [0.29, 0.717) is 17.0 Å². The summed E-state index contributed by atoms with van der Waals surface area (Å²) in [6, 6.07) is 25.7. The van der Waals surface area contributed by atoms with Gasteiger partial charge in [0.2, 0.25) is 5.66 Å². The number of ether oxygens (including phenoxy) is 2. The normalized spacial score (nSPS) is 16.9. The molecule has 1 heterocycles. The molecule has 3 aromatic rings. The van der Waals surface area contributed by atoms with Crippen molar-refractivity contribution in [3.05, 3.63) is 102 Å². The third-order valence-corrected chi connectivity index (χ3v) is 5.64. The lowest BCUT2D eigenvalue weighted by Gasteiger charge is -2.30. The van der Waals surface area contributed by atoms with Gasteiger partial charge in [-0.3, -0.25) is 19.8 Å². The number of nitrogens with one attached hydrogen (secondary N) is 1. The summed E-state index contributed by atoms with van der Waals surface area (Å²) >= 11 is 0. The van der Waals surface area contributed by atoms with E-state index in [1.165, 1.54) is 11.8 Å². The second-order valence-electron chi connectivity index (χ2n) is 8.30. The molecule has 1 aliphatic heterocycles. The monoisotopic (exact) mass is 485 g/mol. The fraction of sp³-hybridized carbons (Fsp3) is 0.214. The van der Waals surface area contributed by atoms with Gasteiger partial charge in [0.25, 0.3) is 5.91 Å². The largest absolute Gasteiger partial charge is 0.465 e. The molecule has 0 aromatic heterocycles. The smallest absolute Gasteiger partial charge is 0.409 e. The zero-order valence-corrected chi connectivity index (χ0v) is 20.1. The lowest BCUT2D eigenvalue weighted by atomic mass is 10.00. The molecule has 0 saturated heterocycles. The maximum atomic E-state index is 13.9. The van der Waals surface area contributed by atoms with Crippen LogP contribution < -0.4 is 10.2 Å². The molecule has 1 N–H and O–H groups in total. The fourth-order valence-corrected chi connectivity index (χ4v) is 3.96. The summed E-state index contributed by atoms with van der Waals surface area (Å²) < 4.78 is 10.5. The molecule has 2 amide bonds. The van der Waals surface area contributed by atoms with Crippen molar-refractivity contribution in [2.24, 2.45) is 4.99 Å². The van der Waals surface area contributed by atoms with E-state index >= 15 is 0 Å². The Balaban J connectivity index is 1.74. The molecule has 1 atom stereocenters. The van der Waals surface area contributed by atoms with E-state index in [-0.39, 0.29) is 19.8 Å². The number of fused-ring (bicyclic) bond motifs is 1. The van der Waals surface area contributed by atoms with Crippen LogP contribution in [0.4, 0.5) is 10.5 Å². The minimum Gasteiger partial charge on any atom is -0.465 e. The first-order valence-corrected chi connectivity index (χ1v) is 11.6. The second-order valence-corrected chi connectivity index (χ2v) is 8.30. The van der Waals surface area contributed by atoms with Crippen molar-refractivity contribution in [1.82, 2.24) is 5.32 Å². The summed E-state index contributed by atoms with van der Waals surface area (Å²) in [4.78, 5) is 45.2. The van der Waals surface area contributed by atoms with Crippen LogP contribution in [0.1, 0.15) is 30.5 Å². The van der Waals surface area contributed by atoms with Crippen LogP contribution in [0.3, 0.4) is 0 Å². The number of alkyl carbamates (subject to hydrolysis) is 1. The minimum absolute atomic E-state index is 0.0268. The average Bonchev–Trinajstić information content (AvgIpc) is 2.98. The van der Waals surface area contributed by atoms with E-state index in [2.05, 4.69) is 5.32 Å². The van der Waals surface area contributed by atoms with Gasteiger partial charge in [-0.2, -0.15) is 0 Å². The number of anilines is 1. The van der Waals surface area contributed by atoms with E-state index in [1.807, 2.05) is 72.8 Å². The van der Waals surface area contributed by atoms with Gasteiger partial charge >= 0.3 is 12.1 Å². The van der Waals surface area contributed by atoms with Gasteiger partial charge in [-0.25, -0.2) is 9.79 Å². The first-order chi connectivity index (χ1) is 17.4. The van der Waals surface area contributed by atoms with Gasteiger partial charge in [-0.1, -0.05) is 78.9 Å². The van der Waals surface area contributed by atoms with E-state index in [4.69, 9.17) is 14.5 Å². The van der Waals surface area contributed by atoms with E-state index in [1.54, 1.807) is 19.1 Å². The summed E-state index contributed by atoms with van der Waals surface area (Å²) in [6.45, 7) is 3.05. The predicted octanol–water partition coefficient (Wildman–Crippen LogP) is 4.08. The predicted molar refractivity (Wildman–Crippen MR) is 136 cm³/mol. The lowest BCUT2D eigenvalue weighted by Crippen LogP contribution is -2.57. The number of carbonyl (C=O) groups is 3. The number of nitrogens with zero attached hydrogens (tertiary/aromatic N) is 2. The third kappa shape index (κ3) is 5.43.